The number of piperidine rings is 1. The Hall–Kier alpha value is -1.90. The van der Waals surface area contributed by atoms with Crippen molar-refractivity contribution in [2.24, 2.45) is 0 Å². The summed E-state index contributed by atoms with van der Waals surface area (Å²) in [6, 6.07) is 10.4. The largest absolute Gasteiger partial charge is 0.357 e. The monoisotopic (exact) mass is 239 g/mol. The van der Waals surface area contributed by atoms with E-state index in [1.165, 1.54) is 18.4 Å². The zero-order valence-electron chi connectivity index (χ0n) is 10.4. The minimum absolute atomic E-state index is 0.674. The molecule has 1 fully saturated rings. The average Bonchev–Trinajstić information content (AvgIpc) is 2.49. The van der Waals surface area contributed by atoms with Crippen LogP contribution in [0, 0.1) is 0 Å². The highest BCUT2D eigenvalue weighted by Gasteiger charge is 2.20. The van der Waals surface area contributed by atoms with Crippen molar-refractivity contribution in [1.29, 1.82) is 0 Å². The Morgan fingerprint density at radius 2 is 1.72 bits per heavy atom. The van der Waals surface area contributed by atoms with Crippen LogP contribution in [-0.2, 0) is 0 Å². The van der Waals surface area contributed by atoms with Crippen LogP contribution in [0.2, 0.25) is 0 Å². The SMILES string of the molecule is c1ccc(N2CCC(c3ccncc3)CC2)nc1. The van der Waals surface area contributed by atoms with Crippen molar-refractivity contribution >= 4 is 5.82 Å². The molecule has 0 N–H and O–H groups in total. The van der Waals surface area contributed by atoms with Gasteiger partial charge in [-0.25, -0.2) is 4.98 Å². The Morgan fingerprint density at radius 1 is 0.944 bits per heavy atom. The van der Waals surface area contributed by atoms with Crippen LogP contribution < -0.4 is 4.90 Å². The van der Waals surface area contributed by atoms with Crippen molar-refractivity contribution in [3.63, 3.8) is 0 Å². The summed E-state index contributed by atoms with van der Waals surface area (Å²) in [5, 5.41) is 0. The van der Waals surface area contributed by atoms with Gasteiger partial charge < -0.3 is 4.90 Å². The van der Waals surface area contributed by atoms with E-state index in [0.29, 0.717) is 5.92 Å². The number of rotatable bonds is 2. The molecule has 2 aromatic heterocycles. The third-order valence-electron chi connectivity index (χ3n) is 3.65. The van der Waals surface area contributed by atoms with E-state index in [9.17, 15) is 0 Å². The van der Waals surface area contributed by atoms with Gasteiger partial charge in [0, 0.05) is 31.7 Å². The molecule has 0 saturated carbocycles. The van der Waals surface area contributed by atoms with E-state index in [4.69, 9.17) is 0 Å². The van der Waals surface area contributed by atoms with Gasteiger partial charge in [0.2, 0.25) is 0 Å². The summed E-state index contributed by atoms with van der Waals surface area (Å²) in [6.45, 7) is 2.17. The quantitative estimate of drug-likeness (QED) is 0.807. The molecule has 92 valence electrons. The number of nitrogens with zero attached hydrogens (tertiary/aromatic N) is 3. The molecule has 1 aliphatic heterocycles. The molecule has 3 heterocycles. The van der Waals surface area contributed by atoms with Crippen molar-refractivity contribution in [3.05, 3.63) is 54.5 Å². The highest BCUT2D eigenvalue weighted by Crippen LogP contribution is 2.29. The minimum atomic E-state index is 0.674. The summed E-state index contributed by atoms with van der Waals surface area (Å²) >= 11 is 0. The second-order valence-corrected chi connectivity index (χ2v) is 4.73. The molecule has 0 aromatic carbocycles. The maximum absolute atomic E-state index is 4.42. The molecule has 0 atom stereocenters. The van der Waals surface area contributed by atoms with Gasteiger partial charge >= 0.3 is 0 Å². The van der Waals surface area contributed by atoms with Crippen LogP contribution in [-0.4, -0.2) is 23.1 Å². The van der Waals surface area contributed by atoms with Crippen molar-refractivity contribution in [3.8, 4) is 0 Å². The Labute approximate surface area is 108 Å². The van der Waals surface area contributed by atoms with E-state index in [-0.39, 0.29) is 0 Å². The van der Waals surface area contributed by atoms with E-state index in [0.717, 1.165) is 18.9 Å². The van der Waals surface area contributed by atoms with Crippen LogP contribution in [0.15, 0.2) is 48.9 Å². The van der Waals surface area contributed by atoms with Crippen LogP contribution in [0.1, 0.15) is 24.3 Å². The van der Waals surface area contributed by atoms with Gasteiger partial charge in [-0.2, -0.15) is 0 Å². The first-order valence-corrected chi connectivity index (χ1v) is 6.49. The molecule has 2 aromatic rings. The Morgan fingerprint density at radius 3 is 2.39 bits per heavy atom. The summed E-state index contributed by atoms with van der Waals surface area (Å²) < 4.78 is 0. The number of hydrogen-bond acceptors (Lipinski definition) is 3. The zero-order valence-corrected chi connectivity index (χ0v) is 10.4. The Bertz CT molecular complexity index is 428. The Kier molecular flexibility index (Phi) is 3.22. The first kappa shape index (κ1) is 11.2. The first-order valence-electron chi connectivity index (χ1n) is 6.49. The molecular weight excluding hydrogens is 222 g/mol. The first-order chi connectivity index (χ1) is 8.93. The number of aromatic nitrogens is 2. The van der Waals surface area contributed by atoms with Crippen molar-refractivity contribution in [1.82, 2.24) is 9.97 Å². The third kappa shape index (κ3) is 2.35. The average molecular weight is 239 g/mol. The van der Waals surface area contributed by atoms with Gasteiger partial charge in [0.15, 0.2) is 0 Å². The van der Waals surface area contributed by atoms with Gasteiger partial charge in [-0.15, -0.1) is 0 Å². The van der Waals surface area contributed by atoms with E-state index >= 15 is 0 Å². The van der Waals surface area contributed by atoms with E-state index < -0.39 is 0 Å². The predicted molar refractivity (Wildman–Crippen MR) is 72.7 cm³/mol. The third-order valence-corrected chi connectivity index (χ3v) is 3.65. The van der Waals surface area contributed by atoms with Gasteiger partial charge in [0.25, 0.3) is 0 Å². The fourth-order valence-corrected chi connectivity index (χ4v) is 2.62. The molecule has 0 bridgehead atoms. The summed E-state index contributed by atoms with van der Waals surface area (Å²) in [5.41, 5.74) is 1.42. The molecular formula is C15H17N3. The van der Waals surface area contributed by atoms with E-state index in [2.05, 4.69) is 39.1 Å². The topological polar surface area (TPSA) is 29.0 Å². The fourth-order valence-electron chi connectivity index (χ4n) is 2.62. The molecule has 1 saturated heterocycles. The van der Waals surface area contributed by atoms with Crippen LogP contribution in [0.25, 0.3) is 0 Å². The van der Waals surface area contributed by atoms with E-state index in [1.807, 2.05) is 24.7 Å². The van der Waals surface area contributed by atoms with Gasteiger partial charge in [0.1, 0.15) is 5.82 Å². The summed E-state index contributed by atoms with van der Waals surface area (Å²) in [7, 11) is 0. The molecule has 18 heavy (non-hydrogen) atoms. The lowest BCUT2D eigenvalue weighted by Crippen LogP contribution is -2.33. The molecule has 3 nitrogen and oxygen atoms in total. The van der Waals surface area contributed by atoms with Crippen LogP contribution >= 0.6 is 0 Å². The molecule has 0 aliphatic carbocycles. The van der Waals surface area contributed by atoms with Gasteiger partial charge in [-0.3, -0.25) is 4.98 Å². The lowest BCUT2D eigenvalue weighted by Gasteiger charge is -2.32. The van der Waals surface area contributed by atoms with Gasteiger partial charge in [0.05, 0.1) is 0 Å². The number of anilines is 1. The standard InChI is InChI=1S/C15H17N3/c1-2-8-17-15(3-1)18-11-6-14(7-12-18)13-4-9-16-10-5-13/h1-5,8-10,14H,6-7,11-12H2. The van der Waals surface area contributed by atoms with Crippen LogP contribution in [0.3, 0.4) is 0 Å². The van der Waals surface area contributed by atoms with E-state index in [1.54, 1.807) is 0 Å². The normalized spacial score (nSPS) is 16.8. The molecule has 3 heteroatoms. The molecule has 3 rings (SSSR count). The highest BCUT2D eigenvalue weighted by atomic mass is 15.2. The number of pyridine rings is 2. The summed E-state index contributed by atoms with van der Waals surface area (Å²) in [6.07, 6.45) is 8.03. The van der Waals surface area contributed by atoms with Crippen molar-refractivity contribution in [2.75, 3.05) is 18.0 Å². The van der Waals surface area contributed by atoms with Crippen LogP contribution in [0.5, 0.6) is 0 Å². The van der Waals surface area contributed by atoms with Crippen molar-refractivity contribution in [2.45, 2.75) is 18.8 Å². The lowest BCUT2D eigenvalue weighted by atomic mass is 9.90. The second-order valence-electron chi connectivity index (χ2n) is 4.73. The maximum Gasteiger partial charge on any atom is 0.128 e. The highest BCUT2D eigenvalue weighted by molar-refractivity contribution is 5.38. The molecule has 0 radical (unpaired) electrons. The minimum Gasteiger partial charge on any atom is -0.357 e. The lowest BCUT2D eigenvalue weighted by molar-refractivity contribution is 0.502. The summed E-state index contributed by atoms with van der Waals surface area (Å²) in [5.74, 6) is 1.78. The zero-order chi connectivity index (χ0) is 12.2. The van der Waals surface area contributed by atoms with Gasteiger partial charge in [-0.05, 0) is 48.6 Å². The predicted octanol–water partition coefficient (Wildman–Crippen LogP) is 2.86. The second kappa shape index (κ2) is 5.17. The molecule has 1 aliphatic rings. The Balaban J connectivity index is 1.65. The fraction of sp³-hybridized carbons (Fsp3) is 0.333. The van der Waals surface area contributed by atoms with Gasteiger partial charge in [-0.1, -0.05) is 6.07 Å². The number of hydrogen-bond donors (Lipinski definition) is 0. The molecule has 0 amide bonds. The molecule has 0 unspecified atom stereocenters. The van der Waals surface area contributed by atoms with Crippen LogP contribution in [0.4, 0.5) is 5.82 Å². The smallest absolute Gasteiger partial charge is 0.128 e. The molecule has 0 spiro atoms. The maximum atomic E-state index is 4.42. The van der Waals surface area contributed by atoms with Crippen molar-refractivity contribution < 1.29 is 0 Å². The summed E-state index contributed by atoms with van der Waals surface area (Å²) in [4.78, 5) is 10.9.